The molecule has 0 aliphatic rings. The minimum absolute atomic E-state index is 0.151. The smallest absolute Gasteiger partial charge is 0.285 e. The Morgan fingerprint density at radius 2 is 1.50 bits per heavy atom. The molecular weight excluding hydrogens is 580 g/mol. The van der Waals surface area contributed by atoms with Gasteiger partial charge in [-0.05, 0) is 55.3 Å². The Morgan fingerprint density at radius 3 is 2.10 bits per heavy atom. The van der Waals surface area contributed by atoms with Gasteiger partial charge in [-0.15, -0.1) is 0 Å². The maximum atomic E-state index is 13.2. The van der Waals surface area contributed by atoms with E-state index in [4.69, 9.17) is 25.8 Å². The van der Waals surface area contributed by atoms with Crippen molar-refractivity contribution < 1.29 is 32.2 Å². The molecule has 2 N–H and O–H groups in total. The molecule has 0 radical (unpaired) electrons. The van der Waals surface area contributed by atoms with Gasteiger partial charge in [-0.2, -0.15) is 0 Å². The van der Waals surface area contributed by atoms with E-state index in [1.165, 1.54) is 57.4 Å². The summed E-state index contributed by atoms with van der Waals surface area (Å²) < 4.78 is 44.9. The summed E-state index contributed by atoms with van der Waals surface area (Å²) in [5.41, 5.74) is -0.407. The van der Waals surface area contributed by atoms with Crippen LogP contribution in [-0.2, 0) is 24.3 Å². The normalized spacial score (nSPS) is 13.6. The van der Waals surface area contributed by atoms with E-state index in [-0.39, 0.29) is 16.9 Å². The van der Waals surface area contributed by atoms with Crippen molar-refractivity contribution >= 4 is 44.7 Å². The number of ether oxygens (including phenoxy) is 3. The summed E-state index contributed by atoms with van der Waals surface area (Å²) >= 11 is 6.37. The van der Waals surface area contributed by atoms with Gasteiger partial charge in [0.25, 0.3) is 21.0 Å². The first-order chi connectivity index (χ1) is 20.1. The second kappa shape index (κ2) is 18.1. The second-order valence-corrected chi connectivity index (χ2v) is 12.5. The maximum Gasteiger partial charge on any atom is 0.285 e. The lowest BCUT2D eigenvalue weighted by atomic mass is 10.0. The SMILES string of the molecule is CCCCCCCCCCOC(CCC)S(=O)(=O)Nc1cccc(NC(=O)C(Cl)(OC)C(=O)c2ccc(OC)cc2)c1. The largest absolute Gasteiger partial charge is 0.497 e. The molecule has 0 aliphatic heterocycles. The molecule has 0 saturated heterocycles. The average Bonchev–Trinajstić information content (AvgIpc) is 2.98. The number of rotatable bonds is 21. The molecule has 0 spiro atoms. The topological polar surface area (TPSA) is 120 Å². The molecule has 2 aromatic rings. The molecule has 234 valence electrons. The Labute approximate surface area is 255 Å². The molecule has 0 aromatic heterocycles. The lowest BCUT2D eigenvalue weighted by molar-refractivity contribution is -0.126. The number of carbonyl (C=O) groups is 2. The molecular formula is C31H45ClN2O7S. The fourth-order valence-electron chi connectivity index (χ4n) is 4.33. The first-order valence-corrected chi connectivity index (χ1v) is 16.5. The zero-order valence-corrected chi connectivity index (χ0v) is 26.7. The van der Waals surface area contributed by atoms with E-state index in [9.17, 15) is 18.0 Å². The number of carbonyl (C=O) groups excluding carboxylic acids is 2. The summed E-state index contributed by atoms with van der Waals surface area (Å²) in [6.45, 7) is 4.47. The number of methoxy groups -OCH3 is 2. The van der Waals surface area contributed by atoms with Gasteiger partial charge in [0.15, 0.2) is 5.44 Å². The highest BCUT2D eigenvalue weighted by Crippen LogP contribution is 2.27. The first kappa shape index (κ1) is 35.5. The van der Waals surface area contributed by atoms with Crippen LogP contribution in [0.4, 0.5) is 11.4 Å². The fraction of sp³-hybridized carbons (Fsp3) is 0.548. The highest BCUT2D eigenvalue weighted by atomic mass is 35.5. The highest BCUT2D eigenvalue weighted by molar-refractivity contribution is 7.93. The zero-order valence-electron chi connectivity index (χ0n) is 25.1. The molecule has 0 fully saturated rings. The molecule has 9 nitrogen and oxygen atoms in total. The summed E-state index contributed by atoms with van der Waals surface area (Å²) in [7, 11) is -1.23. The van der Waals surface area contributed by atoms with Crippen LogP contribution in [0.2, 0.25) is 0 Å². The van der Waals surface area contributed by atoms with Gasteiger partial charge in [0.05, 0.1) is 12.8 Å². The predicted octanol–water partition coefficient (Wildman–Crippen LogP) is 7.12. The molecule has 2 aromatic carbocycles. The van der Waals surface area contributed by atoms with Crippen molar-refractivity contribution in [1.82, 2.24) is 0 Å². The van der Waals surface area contributed by atoms with Crippen LogP contribution in [0.15, 0.2) is 48.5 Å². The monoisotopic (exact) mass is 624 g/mol. The van der Waals surface area contributed by atoms with Crippen LogP contribution in [0.25, 0.3) is 0 Å². The van der Waals surface area contributed by atoms with Gasteiger partial charge in [-0.3, -0.25) is 14.3 Å². The molecule has 42 heavy (non-hydrogen) atoms. The van der Waals surface area contributed by atoms with E-state index in [1.807, 2.05) is 6.92 Å². The lowest BCUT2D eigenvalue weighted by Crippen LogP contribution is -2.46. The van der Waals surface area contributed by atoms with Gasteiger partial charge in [0, 0.05) is 25.0 Å². The van der Waals surface area contributed by atoms with Gasteiger partial charge in [-0.25, -0.2) is 8.42 Å². The Bertz CT molecular complexity index is 1220. The quantitative estimate of drug-likeness (QED) is 0.0656. The van der Waals surface area contributed by atoms with Crippen LogP contribution < -0.4 is 14.8 Å². The molecule has 2 atom stereocenters. The molecule has 11 heteroatoms. The third kappa shape index (κ3) is 10.9. The highest BCUT2D eigenvalue weighted by Gasteiger charge is 2.45. The van der Waals surface area contributed by atoms with E-state index >= 15 is 0 Å². The Balaban J connectivity index is 2.01. The summed E-state index contributed by atoms with van der Waals surface area (Å²) in [6.07, 6.45) is 10.1. The number of hydrogen-bond acceptors (Lipinski definition) is 7. The lowest BCUT2D eigenvalue weighted by Gasteiger charge is -2.23. The van der Waals surface area contributed by atoms with Crippen molar-refractivity contribution in [3.05, 3.63) is 54.1 Å². The Hall–Kier alpha value is -2.66. The number of anilines is 2. The van der Waals surface area contributed by atoms with Crippen molar-refractivity contribution in [2.75, 3.05) is 30.9 Å². The first-order valence-electron chi connectivity index (χ1n) is 14.6. The number of ketones is 1. The molecule has 2 rings (SSSR count). The molecule has 0 aliphatic carbocycles. The van der Waals surface area contributed by atoms with E-state index < -0.39 is 32.2 Å². The molecule has 1 amide bonds. The van der Waals surface area contributed by atoms with Crippen LogP contribution in [0, 0.1) is 0 Å². The Morgan fingerprint density at radius 1 is 0.881 bits per heavy atom. The minimum Gasteiger partial charge on any atom is -0.497 e. The number of hydrogen-bond donors (Lipinski definition) is 2. The van der Waals surface area contributed by atoms with E-state index in [0.29, 0.717) is 25.2 Å². The van der Waals surface area contributed by atoms with Crippen LogP contribution >= 0.6 is 11.6 Å². The van der Waals surface area contributed by atoms with E-state index in [2.05, 4.69) is 17.0 Å². The van der Waals surface area contributed by atoms with Gasteiger partial charge >= 0.3 is 0 Å². The van der Waals surface area contributed by atoms with E-state index in [1.54, 1.807) is 30.3 Å². The van der Waals surface area contributed by atoms with Gasteiger partial charge in [0.1, 0.15) is 5.75 Å². The van der Waals surface area contributed by atoms with Crippen LogP contribution in [-0.4, -0.2) is 51.4 Å². The molecule has 0 saturated carbocycles. The number of unbranched alkanes of at least 4 members (excludes halogenated alkanes) is 7. The maximum absolute atomic E-state index is 13.2. The molecule has 2 unspecified atom stereocenters. The summed E-state index contributed by atoms with van der Waals surface area (Å²) in [6, 6.07) is 12.2. The standard InChI is InChI=1S/C31H45ClN2O7S/c1-5-7-8-9-10-11-12-13-22-41-28(15-6-2)42(37,38)34-26-17-14-16-25(23-26)33-30(36)31(32,40-4)29(35)24-18-20-27(39-3)21-19-24/h14,16-21,23,28,34H,5-13,15,22H2,1-4H3,(H,33,36). The number of amides is 1. The zero-order chi connectivity index (χ0) is 31.0. The van der Waals surface area contributed by atoms with Crippen LogP contribution in [0.3, 0.4) is 0 Å². The van der Waals surface area contributed by atoms with Gasteiger partial charge in [-0.1, -0.05) is 82.9 Å². The predicted molar refractivity (Wildman–Crippen MR) is 168 cm³/mol. The van der Waals surface area contributed by atoms with Crippen molar-refractivity contribution in [1.29, 1.82) is 0 Å². The third-order valence-corrected chi connectivity index (χ3v) is 8.85. The molecule has 0 heterocycles. The van der Waals surface area contributed by atoms with Crippen molar-refractivity contribution in [2.24, 2.45) is 0 Å². The van der Waals surface area contributed by atoms with Crippen molar-refractivity contribution in [3.63, 3.8) is 0 Å². The minimum atomic E-state index is -3.88. The third-order valence-electron chi connectivity index (χ3n) is 6.77. The number of Topliss-reactive ketones (excluding diaryl/α,β-unsaturated/α-hetero) is 1. The summed E-state index contributed by atoms with van der Waals surface area (Å²) in [5.74, 6) is -1.16. The van der Waals surface area contributed by atoms with Gasteiger partial charge in [0.2, 0.25) is 5.78 Å². The summed E-state index contributed by atoms with van der Waals surface area (Å²) in [5, 5.41) is 0.202. The van der Waals surface area contributed by atoms with Crippen LogP contribution in [0.1, 0.15) is 88.4 Å². The fourth-order valence-corrected chi connectivity index (χ4v) is 5.90. The van der Waals surface area contributed by atoms with Crippen molar-refractivity contribution in [2.45, 2.75) is 88.6 Å². The van der Waals surface area contributed by atoms with E-state index in [0.717, 1.165) is 26.4 Å². The number of sulfonamides is 1. The Kier molecular flexibility index (Phi) is 15.3. The van der Waals surface area contributed by atoms with Gasteiger partial charge < -0.3 is 19.5 Å². The second-order valence-electron chi connectivity index (χ2n) is 10.1. The van der Waals surface area contributed by atoms with Crippen LogP contribution in [0.5, 0.6) is 5.75 Å². The number of benzene rings is 2. The average molecular weight is 625 g/mol. The molecule has 0 bridgehead atoms. The number of alkyl halides is 1. The van der Waals surface area contributed by atoms with Crippen molar-refractivity contribution in [3.8, 4) is 5.75 Å². The number of nitrogens with one attached hydrogen (secondary N) is 2. The number of halogens is 1. The summed E-state index contributed by atoms with van der Waals surface area (Å²) in [4.78, 5) is 26.1.